The van der Waals surface area contributed by atoms with E-state index in [1.165, 1.54) is 4.68 Å². The third-order valence-corrected chi connectivity index (χ3v) is 5.90. The Balaban J connectivity index is 1.64. The Hall–Kier alpha value is -4.57. The van der Waals surface area contributed by atoms with Crippen LogP contribution >= 0.6 is 0 Å². The molecule has 1 aromatic heterocycles. The van der Waals surface area contributed by atoms with Gasteiger partial charge >= 0.3 is 0 Å². The molecule has 0 fully saturated rings. The molecule has 156 valence electrons. The lowest BCUT2D eigenvalue weighted by Crippen LogP contribution is -2.20. The Morgan fingerprint density at radius 1 is 0.667 bits per heavy atom. The van der Waals surface area contributed by atoms with Crippen LogP contribution in [0.2, 0.25) is 0 Å². The quantitative estimate of drug-likeness (QED) is 0.248. The molecule has 0 N–H and O–H groups in total. The maximum absolute atomic E-state index is 13.5. The fourth-order valence-corrected chi connectivity index (χ4v) is 4.31. The number of aromatic nitrogens is 2. The van der Waals surface area contributed by atoms with Crippen molar-refractivity contribution in [3.05, 3.63) is 125 Å². The smallest absolute Gasteiger partial charge is 0.267 e. The van der Waals surface area contributed by atoms with Crippen LogP contribution in [0.15, 0.2) is 119 Å². The lowest BCUT2D eigenvalue weighted by atomic mass is 9.97. The summed E-state index contributed by atoms with van der Waals surface area (Å²) in [6.07, 6.45) is 1.79. The predicted octanol–water partition coefficient (Wildman–Crippen LogP) is 6.25. The molecule has 0 spiro atoms. The van der Waals surface area contributed by atoms with Crippen molar-refractivity contribution in [1.82, 2.24) is 9.66 Å². The first kappa shape index (κ1) is 19.1. The van der Waals surface area contributed by atoms with Gasteiger partial charge in [-0.15, -0.1) is 0 Å². The van der Waals surface area contributed by atoms with Gasteiger partial charge in [-0.3, -0.25) is 4.79 Å². The zero-order valence-electron chi connectivity index (χ0n) is 17.7. The van der Waals surface area contributed by atoms with E-state index in [9.17, 15) is 4.79 Å². The number of para-hydroxylation sites is 1. The highest BCUT2D eigenvalue weighted by Crippen LogP contribution is 2.27. The van der Waals surface area contributed by atoms with Crippen molar-refractivity contribution in [2.45, 2.75) is 0 Å². The molecule has 0 amide bonds. The van der Waals surface area contributed by atoms with Crippen LogP contribution in [0, 0.1) is 0 Å². The van der Waals surface area contributed by atoms with Gasteiger partial charge in [-0.2, -0.15) is 9.78 Å². The average molecular weight is 425 g/mol. The van der Waals surface area contributed by atoms with Gasteiger partial charge in [0.2, 0.25) is 0 Å². The second-order valence-electron chi connectivity index (χ2n) is 7.91. The van der Waals surface area contributed by atoms with Crippen LogP contribution in [0.5, 0.6) is 0 Å². The van der Waals surface area contributed by atoms with E-state index in [4.69, 9.17) is 10.1 Å². The van der Waals surface area contributed by atoms with Crippen LogP contribution in [0.3, 0.4) is 0 Å². The minimum Gasteiger partial charge on any atom is -0.267 e. The summed E-state index contributed by atoms with van der Waals surface area (Å²) >= 11 is 0. The molecule has 0 bridgehead atoms. The molecule has 6 rings (SSSR count). The summed E-state index contributed by atoms with van der Waals surface area (Å²) in [4.78, 5) is 18.3. The van der Waals surface area contributed by atoms with Crippen molar-refractivity contribution < 1.29 is 0 Å². The molecule has 4 nitrogen and oxygen atoms in total. The highest BCUT2D eigenvalue weighted by Gasteiger charge is 2.12. The van der Waals surface area contributed by atoms with E-state index in [0.717, 1.165) is 32.7 Å². The Labute approximate surface area is 190 Å². The fraction of sp³-hybridized carbons (Fsp3) is 0. The number of fused-ring (bicyclic) bond motifs is 3. The zero-order valence-corrected chi connectivity index (χ0v) is 17.7. The largest absolute Gasteiger partial charge is 0.282 e. The second-order valence-corrected chi connectivity index (χ2v) is 7.91. The SMILES string of the molecule is O=c1c2ccccc2nc(-c2ccccc2)n1N=Cc1c2ccccc2cc2ccccc12. The predicted molar refractivity (Wildman–Crippen MR) is 136 cm³/mol. The Bertz CT molecular complexity index is 1680. The monoisotopic (exact) mass is 425 g/mol. The van der Waals surface area contributed by atoms with Crippen LogP contribution in [-0.4, -0.2) is 15.9 Å². The van der Waals surface area contributed by atoms with E-state index < -0.39 is 0 Å². The molecule has 0 aliphatic carbocycles. The van der Waals surface area contributed by atoms with Gasteiger partial charge < -0.3 is 0 Å². The molecular weight excluding hydrogens is 406 g/mol. The molecular formula is C29H19N3O. The van der Waals surface area contributed by atoms with Gasteiger partial charge in [0.05, 0.1) is 17.1 Å². The summed E-state index contributed by atoms with van der Waals surface area (Å²) in [5, 5.41) is 9.69. The molecule has 0 aliphatic heterocycles. The first-order chi connectivity index (χ1) is 16.3. The highest BCUT2D eigenvalue weighted by molar-refractivity contribution is 6.13. The van der Waals surface area contributed by atoms with Crippen molar-refractivity contribution in [1.29, 1.82) is 0 Å². The molecule has 4 heteroatoms. The number of hydrogen-bond acceptors (Lipinski definition) is 3. The van der Waals surface area contributed by atoms with Gasteiger partial charge in [0, 0.05) is 11.1 Å². The summed E-state index contributed by atoms with van der Waals surface area (Å²) in [5.74, 6) is 0.514. The highest BCUT2D eigenvalue weighted by atomic mass is 16.1. The first-order valence-electron chi connectivity index (χ1n) is 10.8. The number of hydrogen-bond donors (Lipinski definition) is 0. The van der Waals surface area contributed by atoms with E-state index in [2.05, 4.69) is 30.3 Å². The van der Waals surface area contributed by atoms with Gasteiger partial charge in [-0.25, -0.2) is 4.98 Å². The molecule has 0 aliphatic rings. The summed E-state index contributed by atoms with van der Waals surface area (Å²) < 4.78 is 1.41. The molecule has 0 radical (unpaired) electrons. The van der Waals surface area contributed by atoms with Crippen LogP contribution in [0.1, 0.15) is 5.56 Å². The van der Waals surface area contributed by atoms with E-state index in [1.807, 2.05) is 72.8 Å². The van der Waals surface area contributed by atoms with E-state index in [1.54, 1.807) is 12.3 Å². The topological polar surface area (TPSA) is 47.2 Å². The summed E-state index contributed by atoms with van der Waals surface area (Å²) in [5.41, 5.74) is 2.27. The van der Waals surface area contributed by atoms with Crippen molar-refractivity contribution >= 4 is 38.7 Å². The zero-order chi connectivity index (χ0) is 22.2. The molecule has 6 aromatic rings. The maximum Gasteiger partial charge on any atom is 0.282 e. The van der Waals surface area contributed by atoms with E-state index >= 15 is 0 Å². The lowest BCUT2D eigenvalue weighted by Gasteiger charge is -2.11. The summed E-state index contributed by atoms with van der Waals surface area (Å²) in [6.45, 7) is 0. The Kier molecular flexibility index (Phi) is 4.55. The normalized spacial score (nSPS) is 11.6. The van der Waals surface area contributed by atoms with Crippen molar-refractivity contribution in [2.24, 2.45) is 5.10 Å². The number of rotatable bonds is 3. The van der Waals surface area contributed by atoms with Gasteiger partial charge in [0.25, 0.3) is 5.56 Å². The second kappa shape index (κ2) is 7.84. The van der Waals surface area contributed by atoms with Crippen molar-refractivity contribution in [2.75, 3.05) is 0 Å². The Morgan fingerprint density at radius 2 is 1.24 bits per heavy atom. The van der Waals surface area contributed by atoms with Gasteiger partial charge in [-0.05, 0) is 39.7 Å². The maximum atomic E-state index is 13.5. The van der Waals surface area contributed by atoms with Gasteiger partial charge in [-0.1, -0.05) is 91.0 Å². The molecule has 0 saturated heterocycles. The number of nitrogens with zero attached hydrogens (tertiary/aromatic N) is 3. The Morgan fingerprint density at radius 3 is 1.94 bits per heavy atom. The van der Waals surface area contributed by atoms with Crippen LogP contribution in [0.25, 0.3) is 43.8 Å². The third-order valence-electron chi connectivity index (χ3n) is 5.90. The van der Waals surface area contributed by atoms with Crippen LogP contribution in [0.4, 0.5) is 0 Å². The first-order valence-corrected chi connectivity index (χ1v) is 10.8. The molecule has 1 heterocycles. The fourth-order valence-electron chi connectivity index (χ4n) is 4.31. The molecule has 0 atom stereocenters. The minimum absolute atomic E-state index is 0.194. The van der Waals surface area contributed by atoms with Crippen molar-refractivity contribution in [3.63, 3.8) is 0 Å². The standard InChI is InChI=1S/C29H19N3O/c33-29-25-16-8-9-17-27(25)31-28(20-10-2-1-3-11-20)32(29)30-19-26-23-14-6-4-12-21(23)18-22-13-5-7-15-24(22)26/h1-19H. The molecule has 0 unspecified atom stereocenters. The van der Waals surface area contributed by atoms with Gasteiger partial charge in [0.1, 0.15) is 0 Å². The van der Waals surface area contributed by atoms with Gasteiger partial charge in [0.15, 0.2) is 5.82 Å². The molecule has 33 heavy (non-hydrogen) atoms. The minimum atomic E-state index is -0.194. The molecule has 5 aromatic carbocycles. The number of benzene rings is 5. The van der Waals surface area contributed by atoms with Crippen LogP contribution in [-0.2, 0) is 0 Å². The van der Waals surface area contributed by atoms with Crippen LogP contribution < -0.4 is 5.56 Å². The molecule has 0 saturated carbocycles. The van der Waals surface area contributed by atoms with E-state index in [0.29, 0.717) is 16.7 Å². The van der Waals surface area contributed by atoms with Crippen molar-refractivity contribution in [3.8, 4) is 11.4 Å². The summed E-state index contributed by atoms with van der Waals surface area (Å²) in [6, 6.07) is 35.7. The third kappa shape index (κ3) is 3.29. The average Bonchev–Trinajstić information content (AvgIpc) is 2.88. The summed E-state index contributed by atoms with van der Waals surface area (Å²) in [7, 11) is 0. The lowest BCUT2D eigenvalue weighted by molar-refractivity contribution is 0.830. The van der Waals surface area contributed by atoms with E-state index in [-0.39, 0.29) is 5.56 Å².